The minimum Gasteiger partial charge on any atom is -0.464 e. The van der Waals surface area contributed by atoms with Crippen LogP contribution >= 0.6 is 0 Å². The van der Waals surface area contributed by atoms with Gasteiger partial charge in [0.05, 0.1) is 177 Å². The molecule has 0 aromatic heterocycles. The van der Waals surface area contributed by atoms with E-state index in [1.54, 1.807) is 0 Å². The third-order valence-corrected chi connectivity index (χ3v) is 19.5. The third kappa shape index (κ3) is 33.5. The summed E-state index contributed by atoms with van der Waals surface area (Å²) in [6, 6.07) is 0. The van der Waals surface area contributed by atoms with E-state index in [9.17, 15) is 139 Å². The van der Waals surface area contributed by atoms with Crippen molar-refractivity contribution in [2.24, 2.45) is 70.4 Å². The highest BCUT2D eigenvalue weighted by molar-refractivity contribution is 5.84. The number of esters is 12. The zero-order valence-corrected chi connectivity index (χ0v) is 70.4. The lowest BCUT2D eigenvalue weighted by molar-refractivity contribution is -0.182. The van der Waals surface area contributed by atoms with Gasteiger partial charge in [-0.2, -0.15) is 0 Å². The van der Waals surface area contributed by atoms with Crippen molar-refractivity contribution in [2.75, 3.05) is 251 Å². The van der Waals surface area contributed by atoms with Gasteiger partial charge in [0.25, 0.3) is 0 Å². The second-order valence-corrected chi connectivity index (χ2v) is 32.7. The normalized spacial score (nSPS) is 13.0. The first-order valence-electron chi connectivity index (χ1n) is 37.7. The number of hydrogen-bond donors (Lipinski definition) is 16. The Morgan fingerprint density at radius 2 is 0.258 bits per heavy atom. The van der Waals surface area contributed by atoms with Gasteiger partial charge in [-0.15, -0.1) is 0 Å². The number of aliphatic hydroxyl groups excluding tert-OH is 16. The predicted octanol–water partition coefficient (Wildman–Crippen LogP) is -7.47. The highest BCUT2D eigenvalue weighted by atomic mass is 16.6. The van der Waals surface area contributed by atoms with Crippen molar-refractivity contribution in [3.05, 3.63) is 0 Å². The molecule has 0 aliphatic rings. The van der Waals surface area contributed by atoms with Crippen LogP contribution in [0.1, 0.15) is 83.1 Å². The molecule has 0 bridgehead atoms. The second-order valence-electron chi connectivity index (χ2n) is 32.7. The molecular formula is C75H128O45. The Kier molecular flexibility index (Phi) is 49.3. The number of ether oxygens (including phenoxy) is 17. The van der Waals surface area contributed by atoms with Gasteiger partial charge in [0.15, 0.2) is 0 Å². The van der Waals surface area contributed by atoms with E-state index in [1.165, 1.54) is 0 Å². The van der Waals surface area contributed by atoms with E-state index >= 15 is 0 Å². The summed E-state index contributed by atoms with van der Waals surface area (Å²) < 4.78 is 94.3. The fraction of sp³-hybridized carbons (Fsp3) is 0.840. The van der Waals surface area contributed by atoms with Gasteiger partial charge in [0.1, 0.15) is 144 Å². The lowest BCUT2D eigenvalue weighted by atomic mass is 9.90. The van der Waals surface area contributed by atoms with E-state index < -0.39 is 380 Å². The summed E-state index contributed by atoms with van der Waals surface area (Å²) in [5.74, 6) is -14.4. The molecule has 16 N–H and O–H groups in total. The Balaban J connectivity index is 7.94. The molecule has 120 heavy (non-hydrogen) atoms. The molecule has 45 heteroatoms. The molecule has 0 spiro atoms. The van der Waals surface area contributed by atoms with E-state index in [0.717, 1.165) is 83.1 Å². The molecule has 45 nitrogen and oxygen atoms in total. The maximum absolute atomic E-state index is 14.1. The first-order valence-corrected chi connectivity index (χ1v) is 37.7. The quantitative estimate of drug-likeness (QED) is 0.0153. The summed E-state index contributed by atoms with van der Waals surface area (Å²) in [5.41, 5.74) is -25.1. The molecule has 0 aliphatic carbocycles. The molecule has 0 aliphatic heterocycles. The van der Waals surface area contributed by atoms with Crippen molar-refractivity contribution in [3.8, 4) is 0 Å². The molecular weight excluding hydrogens is 1620 g/mol. The molecule has 0 unspecified atom stereocenters. The van der Waals surface area contributed by atoms with Crippen molar-refractivity contribution < 1.29 is 220 Å². The van der Waals surface area contributed by atoms with E-state index in [1.807, 2.05) is 0 Å². The second kappa shape index (κ2) is 52.4. The average molecular weight is 1750 g/mol. The van der Waals surface area contributed by atoms with Crippen LogP contribution in [-0.2, 0) is 138 Å². The first-order chi connectivity index (χ1) is 56.0. The number of carbonyl (C=O) groups is 12. The largest absolute Gasteiger partial charge is 0.464 e. The smallest absolute Gasteiger partial charge is 0.318 e. The van der Waals surface area contributed by atoms with Crippen LogP contribution in [-0.4, -0.2) is 404 Å². The fourth-order valence-corrected chi connectivity index (χ4v) is 8.36. The maximum Gasteiger partial charge on any atom is 0.318 e. The summed E-state index contributed by atoms with van der Waals surface area (Å²) in [5, 5.41) is 157. The van der Waals surface area contributed by atoms with E-state index in [2.05, 4.69) is 0 Å². The molecule has 698 valence electrons. The van der Waals surface area contributed by atoms with E-state index in [-0.39, 0.29) is 13.2 Å². The van der Waals surface area contributed by atoms with Crippen LogP contribution in [0.5, 0.6) is 0 Å². The van der Waals surface area contributed by atoms with Crippen molar-refractivity contribution in [1.29, 1.82) is 0 Å². The summed E-state index contributed by atoms with van der Waals surface area (Å²) >= 11 is 0. The molecule has 0 saturated carbocycles. The zero-order chi connectivity index (χ0) is 92.3. The molecule has 0 fully saturated rings. The standard InChI is InChI=1S/C75H128O45/c1-63(23-76,24-77)51(92)113-39-71(9,40-114-52(93)64(2,25-78)26-79)59(100)109-19-15-104-13-14-105-47-75(48-106-16-20-110-60(101)72(10,41-115-53(94)65(3,27-80)28-81)42-116-54(95)66(4,29-82)30-83,49-107-17-21-111-61(102)73(11,43-117-55(96)67(5,31-84)32-85)44-118-56(97)68(6,33-86)34-87)50-108-18-22-112-62(103)74(12,45-119-57(98)69(7,35-88)36-89)46-120-58(99)70(8,37-90)38-91/h76-91H,13-50H2,1-12H3. The van der Waals surface area contributed by atoms with Crippen molar-refractivity contribution in [2.45, 2.75) is 83.1 Å². The molecule has 0 aromatic carbocycles. The van der Waals surface area contributed by atoms with E-state index in [0.29, 0.717) is 0 Å². The molecule has 0 aromatic rings. The van der Waals surface area contributed by atoms with Crippen molar-refractivity contribution >= 4 is 71.6 Å². The Bertz CT molecular complexity index is 2780. The minimum atomic E-state index is -2.12. The van der Waals surface area contributed by atoms with Crippen LogP contribution in [0, 0.1) is 70.4 Å². The lowest BCUT2D eigenvalue weighted by Crippen LogP contribution is -2.46. The van der Waals surface area contributed by atoms with Gasteiger partial charge in [-0.05, 0) is 83.1 Å². The molecule has 0 radical (unpaired) electrons. The number of aliphatic hydroxyl groups is 16. The summed E-state index contributed by atoms with van der Waals surface area (Å²) in [6.07, 6.45) is 0. The maximum atomic E-state index is 14.1. The fourth-order valence-electron chi connectivity index (χ4n) is 8.36. The average Bonchev–Trinajstić information content (AvgIpc) is 0.832. The topological polar surface area (TPSA) is 685 Å². The van der Waals surface area contributed by atoms with E-state index in [4.69, 9.17) is 80.5 Å². The number of rotatable bonds is 67. The number of hydrogen-bond acceptors (Lipinski definition) is 45. The van der Waals surface area contributed by atoms with Crippen LogP contribution in [0.3, 0.4) is 0 Å². The lowest BCUT2D eigenvalue weighted by Gasteiger charge is -2.33. The highest BCUT2D eigenvalue weighted by Gasteiger charge is 2.49. The monoisotopic (exact) mass is 1750 g/mol. The first kappa shape index (κ1) is 113. The third-order valence-electron chi connectivity index (χ3n) is 19.5. The Morgan fingerprint density at radius 3 is 0.392 bits per heavy atom. The number of carbonyl (C=O) groups excluding carboxylic acids is 12. The van der Waals surface area contributed by atoms with Gasteiger partial charge < -0.3 is 162 Å². The van der Waals surface area contributed by atoms with Crippen molar-refractivity contribution in [3.63, 3.8) is 0 Å². The molecule has 0 heterocycles. The van der Waals surface area contributed by atoms with Gasteiger partial charge in [-0.1, -0.05) is 0 Å². The Labute approximate surface area is 693 Å². The van der Waals surface area contributed by atoms with Crippen LogP contribution in [0.2, 0.25) is 0 Å². The SMILES string of the molecule is CC(CO)(CO)C(=O)OCC(C)(COC(=O)C(C)(CO)CO)C(=O)OCCOCCOCC(COCCOC(=O)C(C)(COC(=O)C(C)(CO)CO)COC(=O)C(C)(CO)CO)(COCCOC(=O)C(C)(COC(=O)C(C)(CO)CO)COC(=O)C(C)(CO)CO)COCCOC(=O)C(C)(COC(=O)C(C)(CO)CO)COC(=O)C(C)(CO)CO. The van der Waals surface area contributed by atoms with Gasteiger partial charge in [0, 0.05) is 0 Å². The highest BCUT2D eigenvalue weighted by Crippen LogP contribution is 2.33. The van der Waals surface area contributed by atoms with Gasteiger partial charge in [-0.25, -0.2) is 0 Å². The van der Waals surface area contributed by atoms with Crippen LogP contribution in [0.15, 0.2) is 0 Å². The summed E-state index contributed by atoms with van der Waals surface area (Å²) in [7, 11) is 0. The van der Waals surface area contributed by atoms with Gasteiger partial charge in [0.2, 0.25) is 0 Å². The molecule has 0 amide bonds. The Hall–Kier alpha value is -7.20. The Morgan fingerprint density at radius 1 is 0.150 bits per heavy atom. The predicted molar refractivity (Wildman–Crippen MR) is 399 cm³/mol. The van der Waals surface area contributed by atoms with Gasteiger partial charge in [-0.3, -0.25) is 57.5 Å². The van der Waals surface area contributed by atoms with Crippen LogP contribution < -0.4 is 0 Å². The van der Waals surface area contributed by atoms with Crippen molar-refractivity contribution in [1.82, 2.24) is 0 Å². The molecule has 0 saturated heterocycles. The molecule has 0 rings (SSSR count). The zero-order valence-electron chi connectivity index (χ0n) is 70.4. The minimum absolute atomic E-state index is 0.335. The summed E-state index contributed by atoms with van der Waals surface area (Å²) in [4.78, 5) is 160. The van der Waals surface area contributed by atoms with Crippen LogP contribution in [0.4, 0.5) is 0 Å². The molecule has 0 atom stereocenters. The van der Waals surface area contributed by atoms with Gasteiger partial charge >= 0.3 is 71.6 Å². The van der Waals surface area contributed by atoms with Crippen LogP contribution in [0.25, 0.3) is 0 Å². The summed E-state index contributed by atoms with van der Waals surface area (Å²) in [6.45, 7) is -16.0.